The van der Waals surface area contributed by atoms with Crippen LogP contribution in [0, 0.1) is 0 Å². The molecule has 1 aliphatic carbocycles. The number of hydrogen-bond acceptors (Lipinski definition) is 7. The Morgan fingerprint density at radius 1 is 0.643 bits per heavy atom. The second-order valence-corrected chi connectivity index (χ2v) is 20.4. The highest BCUT2D eigenvalue weighted by molar-refractivity contribution is 6.24. The van der Waals surface area contributed by atoms with E-state index in [9.17, 15) is 19.8 Å². The Bertz CT molecular complexity index is 2560. The molecule has 2 N–H and O–H groups in total. The molecule has 0 radical (unpaired) electrons. The van der Waals surface area contributed by atoms with E-state index in [1.54, 1.807) is 12.1 Å². The van der Waals surface area contributed by atoms with Crippen molar-refractivity contribution in [2.75, 3.05) is 36.1 Å². The Balaban J connectivity index is 1.20. The summed E-state index contributed by atoms with van der Waals surface area (Å²) < 4.78 is 14.5. The molecule has 2 heterocycles. The van der Waals surface area contributed by atoms with E-state index in [1.165, 1.54) is 57.8 Å². The number of unbranched alkanes of at least 4 members (excludes halogenated alkanes) is 11. The lowest BCUT2D eigenvalue weighted by atomic mass is 9.77. The summed E-state index contributed by atoms with van der Waals surface area (Å²) in [5.41, 5.74) is 8.56. The Kier molecular flexibility index (Phi) is 17.2. The zero-order valence-corrected chi connectivity index (χ0v) is 43.3. The summed E-state index contributed by atoms with van der Waals surface area (Å²) in [5.74, 6) is 0.518. The molecule has 0 aromatic heterocycles. The molecule has 2 aliphatic heterocycles. The molecular weight excluding hydrogens is 871 g/mol. The van der Waals surface area contributed by atoms with Crippen LogP contribution >= 0.6 is 0 Å². The van der Waals surface area contributed by atoms with Gasteiger partial charge in [0.15, 0.2) is 5.71 Å². The van der Waals surface area contributed by atoms with Gasteiger partial charge in [-0.05, 0) is 131 Å². The fourth-order valence-corrected chi connectivity index (χ4v) is 10.4. The summed E-state index contributed by atoms with van der Waals surface area (Å²) in [6, 6.07) is 28.6. The van der Waals surface area contributed by atoms with Crippen molar-refractivity contribution < 1.29 is 33.9 Å². The molecule has 3 aliphatic rings. The number of aliphatic hydroxyl groups is 1. The van der Waals surface area contributed by atoms with E-state index >= 15 is 0 Å². The summed E-state index contributed by atoms with van der Waals surface area (Å²) in [5, 5.41) is 21.8. The van der Waals surface area contributed by atoms with Crippen LogP contribution in [-0.2, 0) is 15.6 Å². The predicted octanol–water partition coefficient (Wildman–Crippen LogP) is 15.5. The number of carbonyl (C=O) groups is 2. The van der Waals surface area contributed by atoms with Crippen LogP contribution in [0.3, 0.4) is 0 Å². The van der Waals surface area contributed by atoms with Crippen molar-refractivity contribution in [1.29, 1.82) is 0 Å². The number of fused-ring (bicyclic) bond motifs is 2. The molecule has 0 amide bonds. The summed E-state index contributed by atoms with van der Waals surface area (Å²) in [4.78, 5) is 30.9. The molecule has 9 nitrogen and oxygen atoms in total. The molecule has 9 heteroatoms. The second kappa shape index (κ2) is 23.2. The summed E-state index contributed by atoms with van der Waals surface area (Å²) in [7, 11) is 0. The quantitative estimate of drug-likeness (QED) is 0.0365. The van der Waals surface area contributed by atoms with Gasteiger partial charge in [-0.15, -0.1) is 0 Å². The van der Waals surface area contributed by atoms with Gasteiger partial charge in [-0.2, -0.15) is 4.58 Å². The fraction of sp³-hybridized carbons (Fsp3) is 0.459. The number of ketones is 1. The van der Waals surface area contributed by atoms with Gasteiger partial charge in [0.2, 0.25) is 11.5 Å². The number of rotatable bonds is 26. The number of carboxylic acids is 1. The van der Waals surface area contributed by atoms with E-state index in [0.717, 1.165) is 101 Å². The number of aromatic carboxylic acids is 1. The van der Waals surface area contributed by atoms with Crippen LogP contribution in [0.15, 0.2) is 120 Å². The second-order valence-electron chi connectivity index (χ2n) is 20.4. The summed E-state index contributed by atoms with van der Waals surface area (Å²) in [6.45, 7) is 20.1. The third-order valence-electron chi connectivity index (χ3n) is 14.6. The number of anilines is 4. The molecule has 4 aromatic rings. The smallest absolute Gasteiger partial charge is 0.335 e. The van der Waals surface area contributed by atoms with Gasteiger partial charge in [-0.3, -0.25) is 4.79 Å². The lowest BCUT2D eigenvalue weighted by Gasteiger charge is -2.29. The van der Waals surface area contributed by atoms with Gasteiger partial charge < -0.3 is 29.5 Å². The van der Waals surface area contributed by atoms with Crippen LogP contribution in [0.25, 0.3) is 0 Å². The van der Waals surface area contributed by atoms with Crippen LogP contribution in [0.4, 0.5) is 28.4 Å². The van der Waals surface area contributed by atoms with Crippen LogP contribution in [0.5, 0.6) is 11.5 Å². The maximum absolute atomic E-state index is 14.3. The highest BCUT2D eigenvalue weighted by atomic mass is 16.5. The van der Waals surface area contributed by atoms with Gasteiger partial charge in [0, 0.05) is 64.5 Å². The largest absolute Gasteiger partial charge is 0.506 e. The standard InChI is InChI=1S/C61H77N3O6/c1-9-13-16-19-20-21-36-63-54-34-24-43(59(67)68)39-51(54)60(5,6)56(63)42-50-57(65)49(58(50)66)41-55-61(7,8)52-40-46(29-35-53(52)62(55)12-4)64(44-25-30-47(31-26-44)69-37-22-17-14-10-2)45-27-32-48(33-28-45)70-38-23-18-15-11-3/h24-35,39-42H,9-23,36-38H2,1-8H3,(H-,65,66,67,68)/p+1. The van der Waals surface area contributed by atoms with E-state index in [2.05, 4.69) is 136 Å². The van der Waals surface area contributed by atoms with Crippen LogP contribution in [0.1, 0.15) is 167 Å². The van der Waals surface area contributed by atoms with Crippen molar-refractivity contribution >= 4 is 45.9 Å². The number of ether oxygens (including phenoxy) is 2. The Morgan fingerprint density at radius 3 is 1.73 bits per heavy atom. The topological polar surface area (TPSA) is 103 Å². The number of allylic oxidation sites excluding steroid dienone is 5. The van der Waals surface area contributed by atoms with Crippen molar-refractivity contribution in [1.82, 2.24) is 0 Å². The molecule has 372 valence electrons. The number of Topliss-reactive ketones (excluding diaryl/α,β-unsaturated/α-hetero) is 1. The Labute approximate surface area is 418 Å². The van der Waals surface area contributed by atoms with Gasteiger partial charge in [0.1, 0.15) is 23.8 Å². The first kappa shape index (κ1) is 51.8. The lowest BCUT2D eigenvalue weighted by Crippen LogP contribution is -2.32. The van der Waals surface area contributed by atoms with Crippen molar-refractivity contribution in [2.24, 2.45) is 0 Å². The van der Waals surface area contributed by atoms with E-state index in [4.69, 9.17) is 9.47 Å². The van der Waals surface area contributed by atoms with Gasteiger partial charge in [0.05, 0.1) is 35.3 Å². The maximum atomic E-state index is 14.3. The normalized spacial score (nSPS) is 16.8. The monoisotopic (exact) mass is 949 g/mol. The minimum absolute atomic E-state index is 0.0149. The third-order valence-corrected chi connectivity index (χ3v) is 14.6. The first-order valence-corrected chi connectivity index (χ1v) is 26.4. The van der Waals surface area contributed by atoms with Crippen LogP contribution in [0.2, 0.25) is 0 Å². The molecular formula is C61H78N3O6+. The molecule has 4 aromatic carbocycles. The zero-order chi connectivity index (χ0) is 50.0. The average Bonchev–Trinajstić information content (AvgIpc) is 3.70. The predicted molar refractivity (Wildman–Crippen MR) is 287 cm³/mol. The van der Waals surface area contributed by atoms with E-state index in [1.807, 2.05) is 18.2 Å². The Morgan fingerprint density at radius 2 is 1.19 bits per heavy atom. The van der Waals surface area contributed by atoms with Gasteiger partial charge in [-0.25, -0.2) is 4.79 Å². The SMILES string of the molecule is CCCCCCCC[N+]1=C(/C=C2/C(=O)C(/C=C3/N(CC)c4ccc(N(c5ccc(OCCCCCC)cc5)c5ccc(OCCCCCC)cc5)cc4C3(C)C)=C2O)C(C)(C)c2cc(C(=O)O)ccc21. The van der Waals surface area contributed by atoms with Crippen LogP contribution in [-0.4, -0.2) is 58.6 Å². The molecule has 70 heavy (non-hydrogen) atoms. The minimum Gasteiger partial charge on any atom is -0.506 e. The number of carbonyl (C=O) groups excluding carboxylic acids is 1. The van der Waals surface area contributed by atoms with Crippen molar-refractivity contribution in [3.05, 3.63) is 136 Å². The van der Waals surface area contributed by atoms with Crippen LogP contribution < -0.4 is 19.3 Å². The minimum atomic E-state index is -0.972. The van der Waals surface area contributed by atoms with Gasteiger partial charge >= 0.3 is 5.97 Å². The Hall–Kier alpha value is -6.09. The number of hydrogen-bond donors (Lipinski definition) is 2. The van der Waals surface area contributed by atoms with Gasteiger partial charge in [-0.1, -0.05) is 98.8 Å². The fourth-order valence-electron chi connectivity index (χ4n) is 10.4. The molecule has 7 rings (SSSR count). The van der Waals surface area contributed by atoms with E-state index in [0.29, 0.717) is 25.3 Å². The zero-order valence-electron chi connectivity index (χ0n) is 43.3. The number of benzene rings is 4. The number of likely N-dealkylation sites (N-methyl/N-ethyl adjacent to an activating group) is 1. The molecule has 0 bridgehead atoms. The highest BCUT2D eigenvalue weighted by Gasteiger charge is 2.48. The van der Waals surface area contributed by atoms with Gasteiger partial charge in [0.25, 0.3) is 0 Å². The van der Waals surface area contributed by atoms with E-state index in [-0.39, 0.29) is 22.7 Å². The van der Waals surface area contributed by atoms with Crippen molar-refractivity contribution in [3.63, 3.8) is 0 Å². The molecule has 0 atom stereocenters. The number of aliphatic hydroxyl groups excluding tert-OH is 1. The van der Waals surface area contributed by atoms with E-state index < -0.39 is 16.8 Å². The lowest BCUT2D eigenvalue weighted by molar-refractivity contribution is -0.438. The number of nitrogens with zero attached hydrogens (tertiary/aromatic N) is 3. The first-order chi connectivity index (χ1) is 33.8. The average molecular weight is 949 g/mol. The van der Waals surface area contributed by atoms with Crippen molar-refractivity contribution in [3.8, 4) is 11.5 Å². The highest BCUT2D eigenvalue weighted by Crippen LogP contribution is 2.51. The molecule has 0 saturated carbocycles. The molecule has 0 fully saturated rings. The molecule has 0 spiro atoms. The first-order valence-electron chi connectivity index (χ1n) is 26.4. The maximum Gasteiger partial charge on any atom is 0.335 e. The third kappa shape index (κ3) is 11.1. The molecule has 0 saturated heterocycles. The summed E-state index contributed by atoms with van der Waals surface area (Å²) >= 11 is 0. The van der Waals surface area contributed by atoms with Crippen molar-refractivity contribution in [2.45, 2.75) is 156 Å². The summed E-state index contributed by atoms with van der Waals surface area (Å²) in [6.07, 6.45) is 19.8. The number of carboxylic acid groups (broad SMARTS) is 1. The molecule has 0 unspecified atom stereocenters.